The number of ether oxygens (including phenoxy) is 1. The van der Waals surface area contributed by atoms with Crippen molar-refractivity contribution in [3.8, 4) is 5.69 Å². The number of aryl methyl sites for hydroxylation is 2. The molecule has 2 aromatic heterocycles. The molecule has 4 aromatic rings. The number of nitrogens with one attached hydrogen (secondary N) is 1. The summed E-state index contributed by atoms with van der Waals surface area (Å²) in [5, 5.41) is 8.31. The van der Waals surface area contributed by atoms with Gasteiger partial charge in [0.25, 0.3) is 5.91 Å². The molecule has 1 amide bonds. The van der Waals surface area contributed by atoms with Gasteiger partial charge in [-0.25, -0.2) is 9.67 Å². The topological polar surface area (TPSA) is 86.1 Å². The molecular formula is C24H24N4O3S. The molecule has 0 spiro atoms. The molecule has 7 nitrogen and oxygen atoms in total. The molecule has 0 atom stereocenters. The fourth-order valence-corrected chi connectivity index (χ4v) is 4.46. The van der Waals surface area contributed by atoms with Crippen LogP contribution in [0.25, 0.3) is 15.9 Å². The van der Waals surface area contributed by atoms with E-state index < -0.39 is 5.97 Å². The van der Waals surface area contributed by atoms with Gasteiger partial charge < -0.3 is 10.1 Å². The fourth-order valence-electron chi connectivity index (χ4n) is 3.45. The van der Waals surface area contributed by atoms with Crippen molar-refractivity contribution < 1.29 is 14.3 Å². The van der Waals surface area contributed by atoms with Crippen molar-refractivity contribution in [3.05, 3.63) is 71.0 Å². The maximum atomic E-state index is 12.3. The van der Waals surface area contributed by atoms with Crippen molar-refractivity contribution in [2.45, 2.75) is 33.1 Å². The summed E-state index contributed by atoms with van der Waals surface area (Å²) in [5.74, 6) is -0.780. The van der Waals surface area contributed by atoms with Crippen LogP contribution in [0.3, 0.4) is 0 Å². The lowest BCUT2D eigenvalue weighted by atomic mass is 10.2. The molecule has 4 rings (SSSR count). The van der Waals surface area contributed by atoms with E-state index in [-0.39, 0.29) is 18.9 Å². The smallest absolute Gasteiger partial charge is 0.306 e. The van der Waals surface area contributed by atoms with Crippen molar-refractivity contribution in [2.24, 2.45) is 0 Å². The van der Waals surface area contributed by atoms with Gasteiger partial charge in [0.2, 0.25) is 0 Å². The summed E-state index contributed by atoms with van der Waals surface area (Å²) in [6, 6.07) is 17.7. The number of nitrogens with zero attached hydrogens (tertiary/aromatic N) is 3. The van der Waals surface area contributed by atoms with Crippen molar-refractivity contribution in [2.75, 3.05) is 11.9 Å². The molecule has 0 saturated heterocycles. The third-order valence-electron chi connectivity index (χ3n) is 5.03. The number of amides is 1. The van der Waals surface area contributed by atoms with Gasteiger partial charge in [-0.05, 0) is 51.0 Å². The van der Waals surface area contributed by atoms with Gasteiger partial charge in [-0.2, -0.15) is 5.10 Å². The molecular weight excluding hydrogens is 424 g/mol. The Bertz CT molecular complexity index is 1210. The fraction of sp³-hybridized carbons (Fsp3) is 0.250. The Kier molecular flexibility index (Phi) is 6.61. The second-order valence-corrected chi connectivity index (χ2v) is 8.55. The summed E-state index contributed by atoms with van der Waals surface area (Å²) in [6.07, 6.45) is 1.58. The molecule has 164 valence electrons. The first-order valence-electron chi connectivity index (χ1n) is 10.4. The van der Waals surface area contributed by atoms with Gasteiger partial charge >= 0.3 is 5.97 Å². The molecule has 2 heterocycles. The second kappa shape index (κ2) is 9.74. The lowest BCUT2D eigenvalue weighted by Gasteiger charge is -2.08. The minimum absolute atomic E-state index is 0.243. The molecule has 0 saturated carbocycles. The monoisotopic (exact) mass is 448 g/mol. The summed E-state index contributed by atoms with van der Waals surface area (Å²) in [5.41, 5.74) is 4.03. The minimum atomic E-state index is -0.394. The number of fused-ring (bicyclic) bond motifs is 1. The molecule has 0 bridgehead atoms. The van der Waals surface area contributed by atoms with E-state index in [9.17, 15) is 9.59 Å². The van der Waals surface area contributed by atoms with Gasteiger partial charge in [0.1, 0.15) is 0 Å². The van der Waals surface area contributed by atoms with Crippen LogP contribution < -0.4 is 5.32 Å². The Morgan fingerprint density at radius 2 is 1.81 bits per heavy atom. The Labute approximate surface area is 190 Å². The lowest BCUT2D eigenvalue weighted by molar-refractivity contribution is -0.147. The quantitative estimate of drug-likeness (QED) is 0.398. The summed E-state index contributed by atoms with van der Waals surface area (Å²) < 4.78 is 8.07. The standard InChI is InChI=1S/C24H24N4O3S/c1-16-24(17(2)28(27-16)18-9-4-3-5-10-18)26-21(29)15-31-23(30)14-8-13-22-25-19-11-6-7-12-20(19)32-22/h3-7,9-12H,8,13-15H2,1-2H3,(H,26,29). The zero-order valence-corrected chi connectivity index (χ0v) is 18.8. The highest BCUT2D eigenvalue weighted by Crippen LogP contribution is 2.24. The number of benzene rings is 2. The largest absolute Gasteiger partial charge is 0.456 e. The number of hydrogen-bond acceptors (Lipinski definition) is 6. The van der Waals surface area contributed by atoms with E-state index in [1.807, 2.05) is 68.4 Å². The van der Waals surface area contributed by atoms with E-state index in [0.717, 1.165) is 26.6 Å². The maximum absolute atomic E-state index is 12.3. The van der Waals surface area contributed by atoms with Gasteiger partial charge in [-0.15, -0.1) is 11.3 Å². The maximum Gasteiger partial charge on any atom is 0.306 e. The summed E-state index contributed by atoms with van der Waals surface area (Å²) in [7, 11) is 0. The Morgan fingerprint density at radius 3 is 2.59 bits per heavy atom. The number of esters is 1. The zero-order chi connectivity index (χ0) is 22.5. The molecule has 0 radical (unpaired) electrons. The first kappa shape index (κ1) is 21.7. The van der Waals surface area contributed by atoms with Crippen LogP contribution >= 0.6 is 11.3 Å². The first-order chi connectivity index (χ1) is 15.5. The lowest BCUT2D eigenvalue weighted by Crippen LogP contribution is -2.21. The summed E-state index contributed by atoms with van der Waals surface area (Å²) in [6.45, 7) is 3.39. The zero-order valence-electron chi connectivity index (χ0n) is 18.0. The van der Waals surface area contributed by atoms with Crippen LogP contribution in [0.1, 0.15) is 29.2 Å². The number of carbonyl (C=O) groups excluding carboxylic acids is 2. The highest BCUT2D eigenvalue weighted by atomic mass is 32.1. The van der Waals surface area contributed by atoms with Crippen LogP contribution in [0, 0.1) is 13.8 Å². The van der Waals surface area contributed by atoms with Crippen LogP contribution in [0.4, 0.5) is 5.69 Å². The van der Waals surface area contributed by atoms with Gasteiger partial charge in [0, 0.05) is 6.42 Å². The molecule has 0 aliphatic rings. The molecule has 0 aliphatic carbocycles. The molecule has 0 unspecified atom stereocenters. The van der Waals surface area contributed by atoms with E-state index in [0.29, 0.717) is 24.2 Å². The van der Waals surface area contributed by atoms with E-state index >= 15 is 0 Å². The van der Waals surface area contributed by atoms with Crippen molar-refractivity contribution >= 4 is 39.1 Å². The van der Waals surface area contributed by atoms with E-state index in [2.05, 4.69) is 15.4 Å². The highest BCUT2D eigenvalue weighted by molar-refractivity contribution is 7.18. The van der Waals surface area contributed by atoms with Crippen molar-refractivity contribution in [3.63, 3.8) is 0 Å². The normalized spacial score (nSPS) is 10.9. The molecule has 32 heavy (non-hydrogen) atoms. The summed E-state index contributed by atoms with van der Waals surface area (Å²) in [4.78, 5) is 28.9. The van der Waals surface area contributed by atoms with Crippen LogP contribution in [0.15, 0.2) is 54.6 Å². The third kappa shape index (κ3) is 5.03. The predicted octanol–water partition coefficient (Wildman–Crippen LogP) is 4.60. The SMILES string of the molecule is Cc1nn(-c2ccccc2)c(C)c1NC(=O)COC(=O)CCCc1nc2ccccc2s1. The van der Waals surface area contributed by atoms with E-state index in [1.54, 1.807) is 16.0 Å². The number of thiazole rings is 1. The number of hydrogen-bond donors (Lipinski definition) is 1. The molecule has 2 aromatic carbocycles. The van der Waals surface area contributed by atoms with E-state index in [4.69, 9.17) is 4.74 Å². The van der Waals surface area contributed by atoms with Crippen LogP contribution in [0.5, 0.6) is 0 Å². The van der Waals surface area contributed by atoms with Crippen LogP contribution in [0.2, 0.25) is 0 Å². The van der Waals surface area contributed by atoms with Crippen LogP contribution in [-0.4, -0.2) is 33.2 Å². The number of aromatic nitrogens is 3. The third-order valence-corrected chi connectivity index (χ3v) is 6.13. The van der Waals surface area contributed by atoms with E-state index in [1.165, 1.54) is 0 Å². The first-order valence-corrected chi connectivity index (χ1v) is 11.2. The summed E-state index contributed by atoms with van der Waals surface area (Å²) >= 11 is 1.64. The molecule has 1 N–H and O–H groups in total. The predicted molar refractivity (Wildman–Crippen MR) is 125 cm³/mol. The molecule has 0 fully saturated rings. The Balaban J connectivity index is 1.25. The Hall–Kier alpha value is -3.52. The Morgan fingerprint density at radius 1 is 1.06 bits per heavy atom. The van der Waals surface area contributed by atoms with Crippen molar-refractivity contribution in [1.29, 1.82) is 0 Å². The number of anilines is 1. The minimum Gasteiger partial charge on any atom is -0.456 e. The number of rotatable bonds is 8. The second-order valence-electron chi connectivity index (χ2n) is 7.43. The molecule has 0 aliphatic heterocycles. The van der Waals surface area contributed by atoms with Gasteiger partial charge in [0.15, 0.2) is 6.61 Å². The molecule has 8 heteroatoms. The van der Waals surface area contributed by atoms with Gasteiger partial charge in [0.05, 0.1) is 38.0 Å². The van der Waals surface area contributed by atoms with Gasteiger partial charge in [-0.3, -0.25) is 9.59 Å². The number of para-hydroxylation sites is 2. The van der Waals surface area contributed by atoms with Gasteiger partial charge in [-0.1, -0.05) is 30.3 Å². The van der Waals surface area contributed by atoms with Crippen molar-refractivity contribution in [1.82, 2.24) is 14.8 Å². The highest BCUT2D eigenvalue weighted by Gasteiger charge is 2.16. The average molecular weight is 449 g/mol. The average Bonchev–Trinajstić information content (AvgIpc) is 3.34. The number of carbonyl (C=O) groups is 2. The van der Waals surface area contributed by atoms with Crippen LogP contribution in [-0.2, 0) is 20.7 Å².